The zero-order valence-corrected chi connectivity index (χ0v) is 8.10. The van der Waals surface area contributed by atoms with E-state index in [4.69, 9.17) is 9.84 Å². The largest absolute Gasteiger partial charge is 0.508 e. The molecule has 5 nitrogen and oxygen atoms in total. The van der Waals surface area contributed by atoms with Gasteiger partial charge in [0.15, 0.2) is 11.5 Å². The number of hydrogen-bond donors (Lipinski definition) is 4. The first kappa shape index (κ1) is 9.92. The molecule has 0 saturated carbocycles. The van der Waals surface area contributed by atoms with Gasteiger partial charge in [-0.2, -0.15) is 0 Å². The van der Waals surface area contributed by atoms with Crippen LogP contribution < -0.4 is 10.1 Å². The standard InChI is InChI=1S/C10H13NO4/c12-6-3-8(13)10(9(14)4-6)15-7-1-2-11-5-7/h3-4,7,11-14H,1-2,5H2. The molecule has 4 N–H and O–H groups in total. The van der Waals surface area contributed by atoms with E-state index < -0.39 is 0 Å². The molecule has 1 saturated heterocycles. The van der Waals surface area contributed by atoms with E-state index in [0.717, 1.165) is 25.1 Å². The predicted molar refractivity (Wildman–Crippen MR) is 53.3 cm³/mol. The van der Waals surface area contributed by atoms with Crippen LogP contribution in [0.3, 0.4) is 0 Å². The number of hydrogen-bond acceptors (Lipinski definition) is 5. The zero-order valence-electron chi connectivity index (χ0n) is 8.10. The van der Waals surface area contributed by atoms with Crippen LogP contribution in [0, 0.1) is 0 Å². The number of ether oxygens (including phenoxy) is 1. The Morgan fingerprint density at radius 3 is 2.40 bits per heavy atom. The topological polar surface area (TPSA) is 82.0 Å². The molecule has 1 atom stereocenters. The minimum Gasteiger partial charge on any atom is -0.508 e. The van der Waals surface area contributed by atoms with Gasteiger partial charge in [-0.1, -0.05) is 0 Å². The summed E-state index contributed by atoms with van der Waals surface area (Å²) in [7, 11) is 0. The lowest BCUT2D eigenvalue weighted by Gasteiger charge is -2.14. The van der Waals surface area contributed by atoms with Gasteiger partial charge in [0.2, 0.25) is 5.75 Å². The quantitative estimate of drug-likeness (QED) is 0.574. The number of phenols is 3. The van der Waals surface area contributed by atoms with Gasteiger partial charge in [0.05, 0.1) is 0 Å². The summed E-state index contributed by atoms with van der Waals surface area (Å²) in [6, 6.07) is 2.27. The predicted octanol–water partition coefficient (Wildman–Crippen LogP) is 0.544. The van der Waals surface area contributed by atoms with Crippen LogP contribution in [0.2, 0.25) is 0 Å². The van der Waals surface area contributed by atoms with Gasteiger partial charge < -0.3 is 25.4 Å². The van der Waals surface area contributed by atoms with Crippen LogP contribution in [0.1, 0.15) is 6.42 Å². The molecule has 2 rings (SSSR count). The summed E-state index contributed by atoms with van der Waals surface area (Å²) in [6.07, 6.45) is 0.783. The Hall–Kier alpha value is -1.62. The van der Waals surface area contributed by atoms with E-state index in [0.29, 0.717) is 6.54 Å². The maximum absolute atomic E-state index is 9.47. The fraction of sp³-hybridized carbons (Fsp3) is 0.400. The molecule has 1 unspecified atom stereocenters. The minimum atomic E-state index is -0.251. The summed E-state index contributed by atoms with van der Waals surface area (Å²) >= 11 is 0. The summed E-state index contributed by atoms with van der Waals surface area (Å²) in [5.41, 5.74) is 0. The van der Waals surface area contributed by atoms with Crippen molar-refractivity contribution in [2.75, 3.05) is 13.1 Å². The first-order valence-corrected chi connectivity index (χ1v) is 4.79. The van der Waals surface area contributed by atoms with Crippen molar-refractivity contribution >= 4 is 0 Å². The molecule has 82 valence electrons. The van der Waals surface area contributed by atoms with Crippen molar-refractivity contribution in [2.45, 2.75) is 12.5 Å². The van der Waals surface area contributed by atoms with Gasteiger partial charge in [-0.3, -0.25) is 0 Å². The molecule has 1 aliphatic rings. The number of phenolic OH excluding ortho intramolecular Hbond substituents is 3. The van der Waals surface area contributed by atoms with E-state index >= 15 is 0 Å². The Morgan fingerprint density at radius 1 is 1.20 bits per heavy atom. The van der Waals surface area contributed by atoms with Crippen LogP contribution in [0.15, 0.2) is 12.1 Å². The van der Waals surface area contributed by atoms with E-state index in [-0.39, 0.29) is 29.1 Å². The zero-order chi connectivity index (χ0) is 10.8. The number of nitrogens with one attached hydrogen (secondary N) is 1. The Morgan fingerprint density at radius 2 is 1.87 bits per heavy atom. The fourth-order valence-corrected chi connectivity index (χ4v) is 1.60. The van der Waals surface area contributed by atoms with E-state index in [9.17, 15) is 10.2 Å². The van der Waals surface area contributed by atoms with Crippen LogP contribution in [0.4, 0.5) is 0 Å². The summed E-state index contributed by atoms with van der Waals surface area (Å²) in [5, 5.41) is 31.1. The van der Waals surface area contributed by atoms with Gasteiger partial charge >= 0.3 is 0 Å². The van der Waals surface area contributed by atoms with Crippen molar-refractivity contribution in [1.29, 1.82) is 0 Å². The number of benzene rings is 1. The Balaban J connectivity index is 2.19. The van der Waals surface area contributed by atoms with Crippen molar-refractivity contribution < 1.29 is 20.1 Å². The molecule has 0 bridgehead atoms. The van der Waals surface area contributed by atoms with Crippen molar-refractivity contribution in [1.82, 2.24) is 5.32 Å². The highest BCUT2D eigenvalue weighted by molar-refractivity contribution is 5.54. The molecule has 5 heteroatoms. The second-order valence-corrected chi connectivity index (χ2v) is 3.55. The average Bonchev–Trinajstić information content (AvgIpc) is 2.63. The third kappa shape index (κ3) is 2.07. The lowest BCUT2D eigenvalue weighted by Crippen LogP contribution is -2.19. The van der Waals surface area contributed by atoms with Crippen molar-refractivity contribution in [3.8, 4) is 23.0 Å². The van der Waals surface area contributed by atoms with Gasteiger partial charge in [0.1, 0.15) is 11.9 Å². The van der Waals surface area contributed by atoms with Crippen molar-refractivity contribution in [3.63, 3.8) is 0 Å². The Bertz CT molecular complexity index is 337. The van der Waals surface area contributed by atoms with Gasteiger partial charge in [0.25, 0.3) is 0 Å². The molecule has 0 spiro atoms. The first-order chi connectivity index (χ1) is 7.16. The summed E-state index contributed by atoms with van der Waals surface area (Å²) in [5.74, 6) is -0.665. The van der Waals surface area contributed by atoms with E-state index in [2.05, 4.69) is 5.32 Å². The second-order valence-electron chi connectivity index (χ2n) is 3.55. The maximum atomic E-state index is 9.47. The van der Waals surface area contributed by atoms with E-state index in [1.807, 2.05) is 0 Å². The van der Waals surface area contributed by atoms with E-state index in [1.54, 1.807) is 0 Å². The molecule has 0 aromatic heterocycles. The van der Waals surface area contributed by atoms with Gasteiger partial charge in [0, 0.05) is 18.7 Å². The maximum Gasteiger partial charge on any atom is 0.203 e. The fourth-order valence-electron chi connectivity index (χ4n) is 1.60. The lowest BCUT2D eigenvalue weighted by molar-refractivity contribution is 0.204. The molecule has 1 aromatic rings. The van der Waals surface area contributed by atoms with Gasteiger partial charge in [-0.25, -0.2) is 0 Å². The Labute approximate surface area is 86.9 Å². The highest BCUT2D eigenvalue weighted by Gasteiger charge is 2.20. The summed E-state index contributed by atoms with van der Waals surface area (Å²) in [6.45, 7) is 1.56. The third-order valence-electron chi connectivity index (χ3n) is 2.33. The molecule has 15 heavy (non-hydrogen) atoms. The molecule has 1 fully saturated rings. The first-order valence-electron chi connectivity index (χ1n) is 4.79. The molecular formula is C10H13NO4. The SMILES string of the molecule is Oc1cc(O)c(OC2CCNC2)c(O)c1. The minimum absolute atomic E-state index is 0.0292. The van der Waals surface area contributed by atoms with Crippen LogP contribution in [0.25, 0.3) is 0 Å². The molecule has 1 aromatic carbocycles. The molecular weight excluding hydrogens is 198 g/mol. The summed E-state index contributed by atoms with van der Waals surface area (Å²) in [4.78, 5) is 0. The average molecular weight is 211 g/mol. The molecule has 0 aliphatic carbocycles. The molecule has 0 amide bonds. The number of aromatic hydroxyl groups is 3. The molecule has 1 heterocycles. The van der Waals surface area contributed by atoms with Crippen molar-refractivity contribution in [2.24, 2.45) is 0 Å². The molecule has 0 radical (unpaired) electrons. The van der Waals surface area contributed by atoms with Gasteiger partial charge in [-0.15, -0.1) is 0 Å². The summed E-state index contributed by atoms with van der Waals surface area (Å²) < 4.78 is 5.42. The highest BCUT2D eigenvalue weighted by Crippen LogP contribution is 2.40. The lowest BCUT2D eigenvalue weighted by atomic mass is 10.2. The monoisotopic (exact) mass is 211 g/mol. The number of rotatable bonds is 2. The smallest absolute Gasteiger partial charge is 0.203 e. The highest BCUT2D eigenvalue weighted by atomic mass is 16.5. The normalized spacial score (nSPS) is 20.4. The van der Waals surface area contributed by atoms with Crippen LogP contribution in [-0.4, -0.2) is 34.5 Å². The van der Waals surface area contributed by atoms with Crippen LogP contribution in [0.5, 0.6) is 23.0 Å². The molecule has 1 aliphatic heterocycles. The van der Waals surface area contributed by atoms with Crippen LogP contribution >= 0.6 is 0 Å². The van der Waals surface area contributed by atoms with Gasteiger partial charge in [-0.05, 0) is 13.0 Å². The van der Waals surface area contributed by atoms with E-state index in [1.165, 1.54) is 0 Å². The Kier molecular flexibility index (Phi) is 2.55. The second kappa shape index (κ2) is 3.86. The third-order valence-corrected chi connectivity index (χ3v) is 2.33. The van der Waals surface area contributed by atoms with Crippen molar-refractivity contribution in [3.05, 3.63) is 12.1 Å². The van der Waals surface area contributed by atoms with Crippen LogP contribution in [-0.2, 0) is 0 Å².